The van der Waals surface area contributed by atoms with E-state index in [-0.39, 0.29) is 26.6 Å². The maximum absolute atomic E-state index is 4.69. The number of hydrogen-bond acceptors (Lipinski definition) is 3. The zero-order valence-electron chi connectivity index (χ0n) is 6.41. The van der Waals surface area contributed by atoms with E-state index in [0.717, 1.165) is 13.1 Å². The Kier molecular flexibility index (Phi) is 9.50. The van der Waals surface area contributed by atoms with E-state index in [0.29, 0.717) is 4.32 Å². The molecule has 0 saturated carbocycles. The van der Waals surface area contributed by atoms with Gasteiger partial charge in [-0.2, -0.15) is 0 Å². The normalized spacial score (nSPS) is 16.4. The third-order valence-corrected chi connectivity index (χ3v) is 1.54. The Labute approximate surface area is 91.9 Å². The zero-order chi connectivity index (χ0) is 6.69. The van der Waals surface area contributed by atoms with Crippen LogP contribution in [0.5, 0.6) is 0 Å². The molecule has 0 radical (unpaired) electrons. The van der Waals surface area contributed by atoms with Gasteiger partial charge in [-0.1, -0.05) is 0 Å². The first kappa shape index (κ1) is 14.2. The molecule has 0 aromatic carbocycles. The Bertz CT molecular complexity index is 116. The molecule has 0 spiro atoms. The monoisotopic (exact) mass is 285 g/mol. The van der Waals surface area contributed by atoms with Crippen molar-refractivity contribution < 1.29 is 20.4 Å². The van der Waals surface area contributed by atoms with Crippen molar-refractivity contribution in [2.24, 2.45) is 0 Å². The van der Waals surface area contributed by atoms with Gasteiger partial charge in [-0.3, -0.25) is 0 Å². The fourth-order valence-electron chi connectivity index (χ4n) is 0.958. The van der Waals surface area contributed by atoms with Gasteiger partial charge in [0.1, 0.15) is 0 Å². The summed E-state index contributed by atoms with van der Waals surface area (Å²) in [6.45, 7) is 2.16. The Morgan fingerprint density at radius 1 is 1.36 bits per heavy atom. The molecule has 0 aromatic rings. The number of hydrogen-bond donors (Lipinski definition) is 2. The van der Waals surface area contributed by atoms with Gasteiger partial charge in [-0.25, -0.2) is 5.01 Å². The summed E-state index contributed by atoms with van der Waals surface area (Å²) in [5.41, 5.74) is 2.92. The largest absolute Gasteiger partial charge is 0.410 e. The average molecular weight is 286 g/mol. The van der Waals surface area contributed by atoms with Crippen LogP contribution in [0, 0.1) is 0 Å². The summed E-state index contributed by atoms with van der Waals surface area (Å²) < 4.78 is 0.455. The SMILES string of the molecule is S=C([S-])NN1CCCC1.[NH4+].[Pd]. The first-order valence-electron chi connectivity index (χ1n) is 3.01. The van der Waals surface area contributed by atoms with Crippen molar-refractivity contribution in [2.45, 2.75) is 12.8 Å². The topological polar surface area (TPSA) is 51.8 Å². The van der Waals surface area contributed by atoms with Gasteiger partial charge in [0.25, 0.3) is 0 Å². The van der Waals surface area contributed by atoms with Crippen molar-refractivity contribution in [3.8, 4) is 0 Å². The second-order valence-corrected chi connectivity index (χ2v) is 3.17. The molecule has 1 aliphatic heterocycles. The molecular weight excluding hydrogens is 273 g/mol. The molecule has 0 aromatic heterocycles. The van der Waals surface area contributed by atoms with Gasteiger partial charge in [-0.05, 0) is 17.2 Å². The number of rotatable bonds is 1. The molecular formula is C5H13N3PdS2. The first-order chi connectivity index (χ1) is 4.29. The van der Waals surface area contributed by atoms with Crippen LogP contribution in [-0.2, 0) is 33.1 Å². The van der Waals surface area contributed by atoms with E-state index < -0.39 is 0 Å². The van der Waals surface area contributed by atoms with Crippen LogP contribution in [0.3, 0.4) is 0 Å². The van der Waals surface area contributed by atoms with Crippen LogP contribution < -0.4 is 11.6 Å². The van der Waals surface area contributed by atoms with E-state index in [1.165, 1.54) is 12.8 Å². The second-order valence-electron chi connectivity index (χ2n) is 2.09. The Morgan fingerprint density at radius 2 is 1.82 bits per heavy atom. The molecule has 3 nitrogen and oxygen atoms in total. The summed E-state index contributed by atoms with van der Waals surface area (Å²) in [7, 11) is 0. The summed E-state index contributed by atoms with van der Waals surface area (Å²) in [5, 5.41) is 2.06. The van der Waals surface area contributed by atoms with Crippen molar-refractivity contribution in [1.82, 2.24) is 16.6 Å². The summed E-state index contributed by atoms with van der Waals surface area (Å²) in [6.07, 6.45) is 2.51. The smallest absolute Gasteiger partial charge is 0.0178 e. The maximum Gasteiger partial charge on any atom is 0.0178 e. The van der Waals surface area contributed by atoms with Crippen LogP contribution in [0.2, 0.25) is 0 Å². The van der Waals surface area contributed by atoms with E-state index in [2.05, 4.69) is 10.4 Å². The van der Waals surface area contributed by atoms with Crippen molar-refractivity contribution in [1.29, 1.82) is 0 Å². The van der Waals surface area contributed by atoms with Gasteiger partial charge in [0.05, 0.1) is 0 Å². The molecule has 11 heavy (non-hydrogen) atoms. The van der Waals surface area contributed by atoms with Crippen LogP contribution in [0.1, 0.15) is 12.8 Å². The first-order valence-corrected chi connectivity index (χ1v) is 3.83. The number of thiocarbonyl (C=S) groups is 1. The molecule has 0 aliphatic carbocycles. The molecule has 0 atom stereocenters. The minimum atomic E-state index is 0. The van der Waals surface area contributed by atoms with Crippen LogP contribution in [0.4, 0.5) is 0 Å². The van der Waals surface area contributed by atoms with Gasteiger partial charge >= 0.3 is 0 Å². The standard InChI is InChI=1S/C5H10N2S2.H3N.Pd/c8-5(9)6-7-3-1-2-4-7;;/h1-4H2,(H2,6,8,9);1H3;. The van der Waals surface area contributed by atoms with E-state index in [4.69, 9.17) is 24.8 Å². The Morgan fingerprint density at radius 3 is 2.18 bits per heavy atom. The molecule has 0 bridgehead atoms. The fraction of sp³-hybridized carbons (Fsp3) is 0.800. The summed E-state index contributed by atoms with van der Waals surface area (Å²) >= 11 is 9.39. The van der Waals surface area contributed by atoms with Gasteiger partial charge < -0.3 is 36.4 Å². The average Bonchev–Trinajstić information content (AvgIpc) is 2.15. The minimum Gasteiger partial charge on any atom is -0.410 e. The van der Waals surface area contributed by atoms with Crippen LogP contribution in [-0.4, -0.2) is 22.4 Å². The van der Waals surface area contributed by atoms with Gasteiger partial charge in [0.2, 0.25) is 0 Å². The predicted octanol–water partition coefficient (Wildman–Crippen LogP) is 0.792. The summed E-state index contributed by atoms with van der Waals surface area (Å²) in [5.74, 6) is 0. The Balaban J connectivity index is 0. The molecule has 0 amide bonds. The van der Waals surface area contributed by atoms with E-state index >= 15 is 0 Å². The van der Waals surface area contributed by atoms with Gasteiger partial charge in [-0.15, -0.1) is 0 Å². The maximum atomic E-state index is 4.69. The van der Waals surface area contributed by atoms with Crippen LogP contribution in [0.15, 0.2) is 0 Å². The molecule has 1 aliphatic rings. The molecule has 1 fully saturated rings. The van der Waals surface area contributed by atoms with Crippen LogP contribution in [0.25, 0.3) is 0 Å². The zero-order valence-corrected chi connectivity index (χ0v) is 9.60. The second kappa shape index (κ2) is 7.35. The predicted molar refractivity (Wildman–Crippen MR) is 49.9 cm³/mol. The molecule has 70 valence electrons. The molecule has 6 heteroatoms. The third kappa shape index (κ3) is 5.91. The molecule has 1 heterocycles. The van der Waals surface area contributed by atoms with Crippen molar-refractivity contribution in [3.63, 3.8) is 0 Å². The van der Waals surface area contributed by atoms with Gasteiger partial charge in [0.15, 0.2) is 0 Å². The number of nitrogens with zero attached hydrogens (tertiary/aromatic N) is 1. The summed E-state index contributed by atoms with van der Waals surface area (Å²) in [6, 6.07) is 0. The quantitative estimate of drug-likeness (QED) is 0.425. The van der Waals surface area contributed by atoms with Crippen molar-refractivity contribution in [3.05, 3.63) is 0 Å². The molecule has 5 N–H and O–H groups in total. The third-order valence-electron chi connectivity index (χ3n) is 1.36. The van der Waals surface area contributed by atoms with E-state index in [9.17, 15) is 0 Å². The van der Waals surface area contributed by atoms with Crippen LogP contribution >= 0.6 is 12.2 Å². The summed E-state index contributed by atoms with van der Waals surface area (Å²) in [4.78, 5) is 0. The molecule has 1 rings (SSSR count). The fourth-order valence-corrected chi connectivity index (χ4v) is 1.22. The molecule has 0 unspecified atom stereocenters. The van der Waals surface area contributed by atoms with E-state index in [1.807, 2.05) is 0 Å². The van der Waals surface area contributed by atoms with Gasteiger partial charge in [0, 0.05) is 33.5 Å². The number of hydrazine groups is 1. The van der Waals surface area contributed by atoms with E-state index in [1.54, 1.807) is 0 Å². The molecule has 1 saturated heterocycles. The van der Waals surface area contributed by atoms with Crippen molar-refractivity contribution >= 4 is 29.2 Å². The Hall–Kier alpha value is 0.692. The van der Waals surface area contributed by atoms with Crippen molar-refractivity contribution in [2.75, 3.05) is 13.1 Å². The number of quaternary nitrogens is 1. The number of nitrogens with one attached hydrogen (secondary N) is 1. The minimum absolute atomic E-state index is 0.